The van der Waals surface area contributed by atoms with Gasteiger partial charge in [-0.25, -0.2) is 0 Å². The van der Waals surface area contributed by atoms with Gasteiger partial charge in [0, 0.05) is 0 Å². The zero-order valence-corrected chi connectivity index (χ0v) is 4.52. The molecule has 0 heterocycles. The van der Waals surface area contributed by atoms with Gasteiger partial charge in [-0.3, -0.25) is 0 Å². The molecule has 0 atom stereocenters. The topological polar surface area (TPSA) is 23.8 Å². The fourth-order valence-electron chi connectivity index (χ4n) is 0. The van der Waals surface area contributed by atoms with Crippen LogP contribution < -0.4 is 0 Å². The normalized spacial score (nSPS) is 9.75. The Bertz CT molecular complexity index is 57.7. The molecule has 0 bridgehead atoms. The second-order valence-corrected chi connectivity index (χ2v) is 0.671. The maximum atomic E-state index is 7.38. The van der Waals surface area contributed by atoms with Crippen molar-refractivity contribution in [3.63, 3.8) is 0 Å². The molecule has 0 aliphatic heterocycles. The summed E-state index contributed by atoms with van der Waals surface area (Å²) in [6, 6.07) is 0. The molecule has 16 valence electrons. The smallest absolute Gasteiger partial charge is 0.0271 e. The van der Waals surface area contributed by atoms with Crippen LogP contribution in [0.1, 0.15) is 0 Å². The molecule has 3 heteroatoms. The van der Waals surface area contributed by atoms with E-state index in [2.05, 4.69) is 0 Å². The first-order chi connectivity index (χ1) is 3.15. The number of hydrogen-bond donors (Lipinski definition) is 0. The average Bonchev–Trinajstić information content (AvgIpc) is 1.33. The van der Waals surface area contributed by atoms with E-state index < -0.39 is 8.30 Å². The van der Waals surface area contributed by atoms with E-state index in [9.17, 15) is 0 Å². The molecule has 0 radical (unpaired) electrons. The molecule has 0 aromatic carbocycles. The molecule has 0 aromatic heterocycles. The molecule has 0 aromatic rings. The van der Waals surface area contributed by atoms with Crippen LogP contribution in [-0.4, -0.2) is 40.2 Å². The minimum atomic E-state index is -1.42. The summed E-state index contributed by atoms with van der Waals surface area (Å²) in [5, 5.41) is 7.38. The van der Waals surface area contributed by atoms with E-state index in [1.165, 1.54) is 0 Å². The van der Waals surface area contributed by atoms with Crippen molar-refractivity contribution in [3.8, 4) is 3.32 Å². The molecule has 0 rings (SSSR count). The minimum Gasteiger partial charge on any atom is -0.0271 e. The Labute approximate surface area is 49.1 Å². The van der Waals surface area contributed by atoms with Gasteiger partial charge in [-0.1, -0.05) is 0 Å². The SMILES string of the molecule is N#[C][Na].[2H]B([2H])[2H]. The molecular weight excluding hydrogens is 59.8 g/mol. The van der Waals surface area contributed by atoms with Gasteiger partial charge in [0.25, 0.3) is 0 Å². The third-order valence-electron chi connectivity index (χ3n) is 0. The van der Waals surface area contributed by atoms with E-state index >= 15 is 0 Å². The van der Waals surface area contributed by atoms with Crippen molar-refractivity contribution in [3.05, 3.63) is 0 Å². The van der Waals surface area contributed by atoms with Gasteiger partial charge in [-0.05, 0) is 4.01 Å². The zero-order chi connectivity index (χ0) is 6.28. The van der Waals surface area contributed by atoms with Crippen LogP contribution in [-0.2, 0) is 0 Å². The Morgan fingerprint density at radius 1 is 2.50 bits per heavy atom. The first kappa shape index (κ1) is 1.87. The van der Waals surface area contributed by atoms with Crippen LogP contribution in [0.4, 0.5) is 0 Å². The second kappa shape index (κ2) is 9.60. The molecule has 0 unspecified atom stereocenters. The number of rotatable bonds is 0. The van der Waals surface area contributed by atoms with Gasteiger partial charge in [0.15, 0.2) is 0 Å². The molecule has 1 nitrogen and oxygen atoms in total. The van der Waals surface area contributed by atoms with Gasteiger partial charge < -0.3 is 0 Å². The summed E-state index contributed by atoms with van der Waals surface area (Å²) in [6.45, 7) is 0. The van der Waals surface area contributed by atoms with Crippen molar-refractivity contribution < 1.29 is 0 Å². The van der Waals surface area contributed by atoms with Gasteiger partial charge in [0.1, 0.15) is 0 Å². The van der Waals surface area contributed by atoms with E-state index in [0.29, 0.717) is 27.9 Å². The van der Waals surface area contributed by atoms with Gasteiger partial charge in [-0.2, -0.15) is 0 Å². The van der Waals surface area contributed by atoms with Crippen LogP contribution in [0.3, 0.4) is 0 Å². The maximum Gasteiger partial charge on any atom is 0.0814 e. The summed E-state index contributed by atoms with van der Waals surface area (Å²) in [6.07, 6.45) is 0. The molecule has 0 amide bonds. The largest absolute Gasteiger partial charge is 0.0814 e. The van der Waals surface area contributed by atoms with Crippen LogP contribution >= 0.6 is 0 Å². The third kappa shape index (κ3) is 20.1. The molecular formula is CH3BNNa. The Balaban J connectivity index is 0. The van der Waals surface area contributed by atoms with Gasteiger partial charge in [0.2, 0.25) is 0 Å². The maximum absolute atomic E-state index is 7.38. The van der Waals surface area contributed by atoms with Crippen LogP contribution in [0.25, 0.3) is 0 Å². The number of nitriles is 1. The van der Waals surface area contributed by atoms with Crippen LogP contribution in [0.2, 0.25) is 0 Å². The molecule has 0 spiro atoms. The number of hydrogen-bond acceptors (Lipinski definition) is 1. The number of nitrogens with zero attached hydrogens (tertiary/aromatic N) is 1. The summed E-state index contributed by atoms with van der Waals surface area (Å²) >= 11 is 0.674. The minimum absolute atomic E-state index is 0.674. The van der Waals surface area contributed by atoms with Crippen molar-refractivity contribution in [1.29, 1.82) is 9.27 Å². The second-order valence-electron chi connectivity index (χ2n) is 0.224. The first-order valence-electron chi connectivity index (χ1n) is 2.46. The summed E-state index contributed by atoms with van der Waals surface area (Å²) in [4.78, 5) is 0. The van der Waals surface area contributed by atoms with Crippen molar-refractivity contribution in [2.45, 2.75) is 0 Å². The van der Waals surface area contributed by atoms with Crippen LogP contribution in [0, 0.1) is 8.58 Å². The van der Waals surface area contributed by atoms with E-state index in [0.717, 1.165) is 0 Å². The summed E-state index contributed by atoms with van der Waals surface area (Å²) < 4.78 is 19.6. The first-order valence-corrected chi connectivity index (χ1v) is 1.72. The monoisotopic (exact) mass is 66.0 g/mol. The van der Waals surface area contributed by atoms with Crippen molar-refractivity contribution in [2.75, 3.05) is 0 Å². The molecule has 0 saturated carbocycles. The van der Waals surface area contributed by atoms with Gasteiger partial charge in [-0.15, -0.1) is 0 Å². The van der Waals surface area contributed by atoms with E-state index in [1.54, 1.807) is 0 Å². The fraction of sp³-hybridized carbons (Fsp3) is 0. The summed E-state index contributed by atoms with van der Waals surface area (Å²) in [7, 11) is -1.42. The predicted octanol–water partition coefficient (Wildman–Crippen LogP) is -1.55. The molecule has 0 aliphatic rings. The third-order valence-corrected chi connectivity index (χ3v) is 0. The Hall–Kier alpha value is 0.555. The Morgan fingerprint density at radius 2 is 2.50 bits per heavy atom. The van der Waals surface area contributed by atoms with Gasteiger partial charge in [0.05, 0.1) is 8.30 Å². The van der Waals surface area contributed by atoms with Gasteiger partial charge >= 0.3 is 36.5 Å². The molecule has 4 heavy (non-hydrogen) atoms. The molecule has 0 saturated heterocycles. The van der Waals surface area contributed by atoms with E-state index in [4.69, 9.17) is 9.27 Å². The average molecular weight is 65.9 g/mol. The van der Waals surface area contributed by atoms with Crippen LogP contribution in [0.5, 0.6) is 0 Å². The quantitative estimate of drug-likeness (QED) is 0.314. The van der Waals surface area contributed by atoms with E-state index in [1.807, 2.05) is 3.32 Å². The molecule has 0 fully saturated rings. The molecule has 0 aliphatic carbocycles. The summed E-state index contributed by atoms with van der Waals surface area (Å²) in [5.41, 5.74) is 0. The van der Waals surface area contributed by atoms with E-state index in [-0.39, 0.29) is 0 Å². The summed E-state index contributed by atoms with van der Waals surface area (Å²) in [5.74, 6) is 0. The molecule has 0 N–H and O–H groups in total. The standard InChI is InChI=1S/CN.BH3.Na/c1-2;;/h;1H3;/i;1D3;. The van der Waals surface area contributed by atoms with Crippen molar-refractivity contribution in [2.24, 2.45) is 0 Å². The zero-order valence-electron chi connectivity index (χ0n) is 5.52. The van der Waals surface area contributed by atoms with Crippen molar-refractivity contribution >= 4 is 36.2 Å². The van der Waals surface area contributed by atoms with Crippen LogP contribution in [0.15, 0.2) is 0 Å². The Morgan fingerprint density at radius 3 is 2.50 bits per heavy atom. The Kier molecular flexibility index (Phi) is 4.48. The fourth-order valence-corrected chi connectivity index (χ4v) is 0. The predicted molar refractivity (Wildman–Crippen MR) is 21.3 cm³/mol. The van der Waals surface area contributed by atoms with Crippen molar-refractivity contribution in [1.82, 2.24) is 0 Å².